The van der Waals surface area contributed by atoms with E-state index in [0.29, 0.717) is 0 Å². The number of fused-ring (bicyclic) bond motifs is 1. The molecule has 0 fully saturated rings. The van der Waals surface area contributed by atoms with Crippen molar-refractivity contribution in [3.8, 4) is 0 Å². The van der Waals surface area contributed by atoms with Crippen LogP contribution in [0.25, 0.3) is 10.2 Å². The maximum atomic E-state index is 9.00. The summed E-state index contributed by atoms with van der Waals surface area (Å²) in [6.45, 7) is 2.03. The largest absolute Gasteiger partial charge is 1.00 e. The van der Waals surface area contributed by atoms with Gasteiger partial charge >= 0.3 is 29.6 Å². The molecular formula is C9H10NNaO2S2. The number of rotatable bonds is 0. The third-order valence-electron chi connectivity index (χ3n) is 1.40. The van der Waals surface area contributed by atoms with E-state index in [1.165, 1.54) is 4.70 Å². The van der Waals surface area contributed by atoms with Gasteiger partial charge in [-0.25, -0.2) is 4.98 Å². The first kappa shape index (κ1) is 15.2. The van der Waals surface area contributed by atoms with Gasteiger partial charge in [0.15, 0.2) is 0 Å². The summed E-state index contributed by atoms with van der Waals surface area (Å²) in [5.41, 5.74) is 1.12. The molecule has 0 aliphatic rings. The van der Waals surface area contributed by atoms with Gasteiger partial charge in [-0.2, -0.15) is 0 Å². The van der Waals surface area contributed by atoms with Gasteiger partial charge in [-0.1, -0.05) is 23.2 Å². The maximum Gasteiger partial charge on any atom is 1.00 e. The van der Waals surface area contributed by atoms with Gasteiger partial charge in [0.05, 0.1) is 15.2 Å². The molecule has 1 atom stereocenters. The molecule has 0 aliphatic carbocycles. The van der Waals surface area contributed by atoms with Crippen molar-refractivity contribution in [2.45, 2.75) is 6.92 Å². The third-order valence-corrected chi connectivity index (χ3v) is 2.35. The number of thiazole rings is 1. The molecule has 0 amide bonds. The summed E-state index contributed by atoms with van der Waals surface area (Å²) in [6.07, 6.45) is 1.08. The first-order valence-corrected chi connectivity index (χ1v) is 6.22. The molecule has 0 bridgehead atoms. The van der Waals surface area contributed by atoms with Gasteiger partial charge < -0.3 is 4.55 Å². The Morgan fingerprint density at radius 2 is 1.93 bits per heavy atom. The number of hydrogen-bond acceptors (Lipinski definition) is 4. The summed E-state index contributed by atoms with van der Waals surface area (Å²) in [7, 11) is 0. The maximum absolute atomic E-state index is 9.00. The van der Waals surface area contributed by atoms with Crippen LogP contribution >= 0.6 is 11.3 Å². The molecule has 0 saturated heterocycles. The molecule has 6 heteroatoms. The average molecular weight is 251 g/mol. The molecule has 3 nitrogen and oxygen atoms in total. The van der Waals surface area contributed by atoms with Crippen LogP contribution in [-0.4, -0.2) is 20.0 Å². The van der Waals surface area contributed by atoms with Crippen molar-refractivity contribution in [3.05, 3.63) is 29.3 Å². The zero-order valence-corrected chi connectivity index (χ0v) is 12.5. The standard InChI is InChI=1S/C8H7NS.CH4O2S.Na/c1-6-9-7-4-2-3-5-8(7)10-6;1-4(2)3;/h2-5H,1H3;1H3,(H,2,3);/q;;+1/p-1. The minimum Gasteiger partial charge on any atom is -0.773 e. The number of nitrogens with zero attached hydrogens (tertiary/aromatic N) is 1. The summed E-state index contributed by atoms with van der Waals surface area (Å²) in [5, 5.41) is 1.14. The number of aromatic nitrogens is 1. The number of benzene rings is 1. The first-order chi connectivity index (χ1) is 6.59. The normalized spacial score (nSPS) is 11.1. The summed E-state index contributed by atoms with van der Waals surface area (Å²) in [5.74, 6) is 0. The Kier molecular flexibility index (Phi) is 7.60. The predicted octanol–water partition coefficient (Wildman–Crippen LogP) is -0.896. The SMILES string of the molecule is CS(=O)[O-].Cc1nc2ccccc2s1.[Na+]. The van der Waals surface area contributed by atoms with Gasteiger partial charge in [-0.3, -0.25) is 4.21 Å². The topological polar surface area (TPSA) is 53.0 Å². The summed E-state index contributed by atoms with van der Waals surface area (Å²) >= 11 is -0.120. The summed E-state index contributed by atoms with van der Waals surface area (Å²) < 4.78 is 19.3. The second kappa shape index (κ2) is 7.49. The Morgan fingerprint density at radius 1 is 1.40 bits per heavy atom. The van der Waals surface area contributed by atoms with Crippen LogP contribution in [0.4, 0.5) is 0 Å². The Hall–Kier alpha value is 0.220. The molecule has 1 aromatic carbocycles. The molecular weight excluding hydrogens is 241 g/mol. The van der Waals surface area contributed by atoms with Gasteiger partial charge in [-0.05, 0) is 25.3 Å². The van der Waals surface area contributed by atoms with Gasteiger partial charge in [0, 0.05) is 0 Å². The molecule has 2 aromatic rings. The molecule has 0 spiro atoms. The number of para-hydroxylation sites is 1. The predicted molar refractivity (Wildman–Crippen MR) is 59.2 cm³/mol. The van der Waals surface area contributed by atoms with Crippen molar-refractivity contribution < 1.29 is 38.3 Å². The van der Waals surface area contributed by atoms with E-state index in [9.17, 15) is 0 Å². The first-order valence-electron chi connectivity index (χ1n) is 3.92. The molecule has 2 rings (SSSR count). The zero-order chi connectivity index (χ0) is 10.6. The van der Waals surface area contributed by atoms with Crippen molar-refractivity contribution in [1.82, 2.24) is 4.98 Å². The fourth-order valence-electron chi connectivity index (χ4n) is 0.987. The van der Waals surface area contributed by atoms with Gasteiger partial charge in [0.25, 0.3) is 0 Å². The smallest absolute Gasteiger partial charge is 0.773 e. The quantitative estimate of drug-likeness (QED) is 0.450. The molecule has 0 saturated carbocycles. The number of hydrogen-bond donors (Lipinski definition) is 0. The minimum absolute atomic E-state index is 0. The summed E-state index contributed by atoms with van der Waals surface area (Å²) in [6, 6.07) is 8.19. The fraction of sp³-hybridized carbons (Fsp3) is 0.222. The van der Waals surface area contributed by atoms with Crippen molar-refractivity contribution in [2.75, 3.05) is 6.26 Å². The van der Waals surface area contributed by atoms with Crippen molar-refractivity contribution in [2.24, 2.45) is 0 Å². The van der Waals surface area contributed by atoms with Crippen molar-refractivity contribution in [3.63, 3.8) is 0 Å². The van der Waals surface area contributed by atoms with Crippen LogP contribution in [0.2, 0.25) is 0 Å². The Balaban J connectivity index is 0.000000346. The van der Waals surface area contributed by atoms with Crippen LogP contribution < -0.4 is 29.6 Å². The molecule has 1 aromatic heterocycles. The number of aryl methyl sites for hydroxylation is 1. The van der Waals surface area contributed by atoms with Crippen LogP contribution in [0, 0.1) is 6.92 Å². The van der Waals surface area contributed by atoms with E-state index in [1.54, 1.807) is 11.3 Å². The van der Waals surface area contributed by atoms with Crippen LogP contribution in [0.3, 0.4) is 0 Å². The molecule has 0 aliphatic heterocycles. The van der Waals surface area contributed by atoms with Gasteiger partial charge in [-0.15, -0.1) is 11.3 Å². The average Bonchev–Trinajstić information content (AvgIpc) is 2.42. The van der Waals surface area contributed by atoms with E-state index in [1.807, 2.05) is 25.1 Å². The zero-order valence-electron chi connectivity index (χ0n) is 8.89. The molecule has 0 N–H and O–H groups in total. The third kappa shape index (κ3) is 5.75. The van der Waals surface area contributed by atoms with Gasteiger partial charge in [0.2, 0.25) is 0 Å². The van der Waals surface area contributed by atoms with E-state index < -0.39 is 11.1 Å². The van der Waals surface area contributed by atoms with Crippen LogP contribution in [-0.2, 0) is 11.1 Å². The summed E-state index contributed by atoms with van der Waals surface area (Å²) in [4.78, 5) is 4.33. The fourth-order valence-corrected chi connectivity index (χ4v) is 1.81. The van der Waals surface area contributed by atoms with E-state index in [-0.39, 0.29) is 29.6 Å². The second-order valence-electron chi connectivity index (χ2n) is 2.60. The Labute approximate surface area is 117 Å². The van der Waals surface area contributed by atoms with E-state index in [2.05, 4.69) is 11.1 Å². The Bertz CT molecular complexity index is 407. The Morgan fingerprint density at radius 3 is 2.47 bits per heavy atom. The van der Waals surface area contributed by atoms with Gasteiger partial charge in [0.1, 0.15) is 0 Å². The monoisotopic (exact) mass is 251 g/mol. The molecule has 15 heavy (non-hydrogen) atoms. The van der Waals surface area contributed by atoms with Crippen molar-refractivity contribution >= 4 is 32.6 Å². The van der Waals surface area contributed by atoms with Crippen LogP contribution in [0.1, 0.15) is 5.01 Å². The minimum atomic E-state index is -1.86. The molecule has 1 unspecified atom stereocenters. The van der Waals surface area contributed by atoms with Crippen LogP contribution in [0.5, 0.6) is 0 Å². The molecule has 76 valence electrons. The van der Waals surface area contributed by atoms with Crippen LogP contribution in [0.15, 0.2) is 24.3 Å². The second-order valence-corrected chi connectivity index (χ2v) is 4.64. The van der Waals surface area contributed by atoms with E-state index in [4.69, 9.17) is 8.76 Å². The van der Waals surface area contributed by atoms with E-state index in [0.717, 1.165) is 16.8 Å². The van der Waals surface area contributed by atoms with E-state index >= 15 is 0 Å². The van der Waals surface area contributed by atoms with Crippen molar-refractivity contribution in [1.29, 1.82) is 0 Å². The molecule has 1 heterocycles. The molecule has 0 radical (unpaired) electrons.